The zero-order valence-electron chi connectivity index (χ0n) is 9.03. The van der Waals surface area contributed by atoms with Crippen molar-refractivity contribution >= 4 is 11.8 Å². The van der Waals surface area contributed by atoms with Crippen molar-refractivity contribution in [1.29, 1.82) is 0 Å². The Morgan fingerprint density at radius 3 is 2.93 bits per heavy atom. The van der Waals surface area contributed by atoms with Gasteiger partial charge in [0.2, 0.25) is 0 Å². The van der Waals surface area contributed by atoms with E-state index in [0.717, 1.165) is 24.4 Å². The number of methoxy groups -OCH3 is 1. The molecule has 2 rings (SSSR count). The van der Waals surface area contributed by atoms with Crippen molar-refractivity contribution in [3.63, 3.8) is 0 Å². The van der Waals surface area contributed by atoms with Crippen molar-refractivity contribution in [2.45, 2.75) is 23.8 Å². The highest BCUT2D eigenvalue weighted by Gasteiger charge is 2.35. The Morgan fingerprint density at radius 1 is 1.43 bits per heavy atom. The molecule has 3 unspecified atom stereocenters. The molecule has 0 spiro atoms. The number of ether oxygens (including phenoxy) is 1. The summed E-state index contributed by atoms with van der Waals surface area (Å²) in [5.41, 5.74) is 0. The molecule has 0 amide bonds. The molecule has 2 fully saturated rings. The van der Waals surface area contributed by atoms with Gasteiger partial charge in [0, 0.05) is 44.6 Å². The molecule has 14 heavy (non-hydrogen) atoms. The van der Waals surface area contributed by atoms with Crippen molar-refractivity contribution < 1.29 is 4.74 Å². The molecule has 2 saturated heterocycles. The fourth-order valence-corrected chi connectivity index (χ4v) is 3.36. The monoisotopic (exact) mass is 216 g/mol. The topological polar surface area (TPSA) is 24.5 Å². The molecule has 0 aliphatic carbocycles. The fourth-order valence-electron chi connectivity index (χ4n) is 2.49. The van der Waals surface area contributed by atoms with Crippen LogP contribution in [0.5, 0.6) is 0 Å². The van der Waals surface area contributed by atoms with E-state index in [0.29, 0.717) is 6.10 Å². The largest absolute Gasteiger partial charge is 0.380 e. The second-order valence-corrected chi connectivity index (χ2v) is 5.22. The smallest absolute Gasteiger partial charge is 0.0710 e. The lowest BCUT2D eigenvalue weighted by Gasteiger charge is -2.27. The second kappa shape index (κ2) is 4.84. The summed E-state index contributed by atoms with van der Waals surface area (Å²) in [7, 11) is 1.83. The summed E-state index contributed by atoms with van der Waals surface area (Å²) in [5.74, 6) is 0. The van der Waals surface area contributed by atoms with E-state index in [2.05, 4.69) is 16.5 Å². The molecule has 0 aromatic heterocycles. The first-order valence-electron chi connectivity index (χ1n) is 5.35. The molecule has 0 bridgehead atoms. The third kappa shape index (κ3) is 2.08. The number of thioether (sulfide) groups is 1. The Morgan fingerprint density at radius 2 is 2.29 bits per heavy atom. The van der Waals surface area contributed by atoms with E-state index < -0.39 is 0 Å². The molecule has 0 aromatic carbocycles. The maximum Gasteiger partial charge on any atom is 0.0710 e. The SMILES string of the molecule is COC1CCN(C2CNCC2SC)C1. The van der Waals surface area contributed by atoms with E-state index in [9.17, 15) is 0 Å². The van der Waals surface area contributed by atoms with Crippen LogP contribution in [-0.4, -0.2) is 61.8 Å². The average molecular weight is 216 g/mol. The van der Waals surface area contributed by atoms with Crippen LogP contribution in [-0.2, 0) is 4.74 Å². The van der Waals surface area contributed by atoms with Crippen LogP contribution in [0.15, 0.2) is 0 Å². The highest BCUT2D eigenvalue weighted by molar-refractivity contribution is 7.99. The van der Waals surface area contributed by atoms with Gasteiger partial charge in [-0.15, -0.1) is 0 Å². The minimum Gasteiger partial charge on any atom is -0.380 e. The molecule has 1 N–H and O–H groups in total. The van der Waals surface area contributed by atoms with E-state index in [4.69, 9.17) is 4.74 Å². The van der Waals surface area contributed by atoms with E-state index in [1.165, 1.54) is 19.5 Å². The number of likely N-dealkylation sites (tertiary alicyclic amines) is 1. The Balaban J connectivity index is 1.89. The number of rotatable bonds is 3. The lowest BCUT2D eigenvalue weighted by molar-refractivity contribution is 0.103. The van der Waals surface area contributed by atoms with Crippen LogP contribution >= 0.6 is 11.8 Å². The number of nitrogens with zero attached hydrogens (tertiary/aromatic N) is 1. The molecule has 2 aliphatic heterocycles. The first kappa shape index (κ1) is 10.7. The minimum absolute atomic E-state index is 0.470. The summed E-state index contributed by atoms with van der Waals surface area (Å²) in [6.45, 7) is 4.66. The lowest BCUT2D eigenvalue weighted by Crippen LogP contribution is -2.41. The summed E-state index contributed by atoms with van der Waals surface area (Å²) in [6.07, 6.45) is 3.89. The van der Waals surface area contributed by atoms with E-state index in [1.54, 1.807) is 0 Å². The first-order chi connectivity index (χ1) is 6.85. The van der Waals surface area contributed by atoms with Gasteiger partial charge in [-0.25, -0.2) is 0 Å². The quantitative estimate of drug-likeness (QED) is 0.738. The number of hydrogen-bond acceptors (Lipinski definition) is 4. The molecule has 3 nitrogen and oxygen atoms in total. The lowest BCUT2D eigenvalue weighted by atomic mass is 10.2. The number of hydrogen-bond donors (Lipinski definition) is 1. The van der Waals surface area contributed by atoms with Crippen molar-refractivity contribution in [1.82, 2.24) is 10.2 Å². The van der Waals surface area contributed by atoms with E-state index >= 15 is 0 Å². The summed E-state index contributed by atoms with van der Waals surface area (Å²) >= 11 is 1.99. The van der Waals surface area contributed by atoms with Gasteiger partial charge in [0.25, 0.3) is 0 Å². The van der Waals surface area contributed by atoms with Gasteiger partial charge in [-0.3, -0.25) is 4.90 Å². The fraction of sp³-hybridized carbons (Fsp3) is 1.00. The van der Waals surface area contributed by atoms with Gasteiger partial charge in [0.05, 0.1) is 6.10 Å². The van der Waals surface area contributed by atoms with Gasteiger partial charge < -0.3 is 10.1 Å². The van der Waals surface area contributed by atoms with Gasteiger partial charge in [-0.05, 0) is 12.7 Å². The van der Waals surface area contributed by atoms with Crippen LogP contribution in [0.4, 0.5) is 0 Å². The molecule has 0 radical (unpaired) electrons. The summed E-state index contributed by atoms with van der Waals surface area (Å²) in [4.78, 5) is 2.59. The summed E-state index contributed by atoms with van der Waals surface area (Å²) < 4.78 is 5.40. The van der Waals surface area contributed by atoms with Crippen molar-refractivity contribution in [3.8, 4) is 0 Å². The molecule has 2 aliphatic rings. The summed E-state index contributed by atoms with van der Waals surface area (Å²) in [6, 6.07) is 0.727. The highest BCUT2D eigenvalue weighted by Crippen LogP contribution is 2.24. The molecule has 0 aromatic rings. The molecule has 0 saturated carbocycles. The Kier molecular flexibility index (Phi) is 3.71. The van der Waals surface area contributed by atoms with Crippen molar-refractivity contribution in [2.75, 3.05) is 39.5 Å². The maximum atomic E-state index is 5.40. The van der Waals surface area contributed by atoms with Crippen LogP contribution in [0.25, 0.3) is 0 Å². The van der Waals surface area contributed by atoms with Gasteiger partial charge in [0.15, 0.2) is 0 Å². The predicted octanol–water partition coefficient (Wildman–Crippen LogP) is 0.411. The maximum absolute atomic E-state index is 5.40. The number of nitrogens with one attached hydrogen (secondary N) is 1. The van der Waals surface area contributed by atoms with Crippen LogP contribution in [0.2, 0.25) is 0 Å². The molecule has 3 atom stereocenters. The Labute approximate surface area is 90.6 Å². The second-order valence-electron chi connectivity index (χ2n) is 4.14. The molecular weight excluding hydrogens is 196 g/mol. The minimum atomic E-state index is 0.470. The van der Waals surface area contributed by atoms with Gasteiger partial charge in [0.1, 0.15) is 0 Å². The van der Waals surface area contributed by atoms with Gasteiger partial charge in [-0.1, -0.05) is 0 Å². The highest BCUT2D eigenvalue weighted by atomic mass is 32.2. The van der Waals surface area contributed by atoms with Crippen LogP contribution in [0.1, 0.15) is 6.42 Å². The molecule has 82 valence electrons. The van der Waals surface area contributed by atoms with Gasteiger partial charge >= 0.3 is 0 Å². The normalized spacial score (nSPS) is 39.4. The standard InChI is InChI=1S/C10H20N2OS/c1-13-8-3-4-12(7-8)9-5-11-6-10(9)14-2/h8-11H,3-7H2,1-2H3. The van der Waals surface area contributed by atoms with Crippen LogP contribution < -0.4 is 5.32 Å². The third-order valence-electron chi connectivity index (χ3n) is 3.41. The Bertz CT molecular complexity index is 191. The molecule has 2 heterocycles. The zero-order valence-corrected chi connectivity index (χ0v) is 9.85. The average Bonchev–Trinajstić information content (AvgIpc) is 2.85. The molecular formula is C10H20N2OS. The van der Waals surface area contributed by atoms with Crippen LogP contribution in [0, 0.1) is 0 Å². The van der Waals surface area contributed by atoms with Crippen molar-refractivity contribution in [3.05, 3.63) is 0 Å². The third-order valence-corrected chi connectivity index (χ3v) is 4.50. The van der Waals surface area contributed by atoms with E-state index in [-0.39, 0.29) is 0 Å². The summed E-state index contributed by atoms with van der Waals surface area (Å²) in [5, 5.41) is 4.25. The van der Waals surface area contributed by atoms with Gasteiger partial charge in [-0.2, -0.15) is 11.8 Å². The van der Waals surface area contributed by atoms with Crippen molar-refractivity contribution in [2.24, 2.45) is 0 Å². The Hall–Kier alpha value is 0.230. The first-order valence-corrected chi connectivity index (χ1v) is 6.64. The zero-order chi connectivity index (χ0) is 9.97. The van der Waals surface area contributed by atoms with E-state index in [1.807, 2.05) is 18.9 Å². The molecule has 4 heteroatoms. The predicted molar refractivity (Wildman–Crippen MR) is 60.9 cm³/mol. The van der Waals surface area contributed by atoms with Crippen LogP contribution in [0.3, 0.4) is 0 Å².